The standard InChI is InChI=1S/C20H22F2N6O2/c21-20(22)29-15-2-1-12(9-16(15)30-20)10-27-7-4-13(5-8-27)17(23)18-14-3-6-25-19(14)26-11-28(18)24/h1-3,6,9,11,13,25H,4-5,7-8,10,23-24H2/b18-17-. The van der Waals surface area contributed by atoms with Crippen LogP contribution in [0.5, 0.6) is 11.5 Å². The molecule has 0 saturated carbocycles. The zero-order valence-corrected chi connectivity index (χ0v) is 16.1. The van der Waals surface area contributed by atoms with Crippen molar-refractivity contribution < 1.29 is 18.3 Å². The van der Waals surface area contributed by atoms with Crippen LogP contribution in [0.1, 0.15) is 24.0 Å². The van der Waals surface area contributed by atoms with Crippen LogP contribution in [0.15, 0.2) is 41.2 Å². The number of ether oxygens (including phenoxy) is 2. The molecule has 158 valence electrons. The number of hydrogen-bond donors (Lipinski definition) is 3. The van der Waals surface area contributed by atoms with Crippen LogP contribution in [-0.2, 0) is 6.54 Å². The van der Waals surface area contributed by atoms with E-state index in [1.54, 1.807) is 18.5 Å². The first-order valence-electron chi connectivity index (χ1n) is 9.76. The maximum absolute atomic E-state index is 13.2. The minimum atomic E-state index is -3.59. The zero-order valence-electron chi connectivity index (χ0n) is 16.1. The Morgan fingerprint density at radius 3 is 2.77 bits per heavy atom. The van der Waals surface area contributed by atoms with Crippen LogP contribution < -0.4 is 21.1 Å². The minimum absolute atomic E-state index is 0.0633. The molecule has 1 aromatic carbocycles. The number of alkyl halides is 2. The second-order valence-corrected chi connectivity index (χ2v) is 7.69. The first kappa shape index (κ1) is 18.9. The van der Waals surface area contributed by atoms with Gasteiger partial charge in [-0.3, -0.25) is 9.91 Å². The lowest BCUT2D eigenvalue weighted by molar-refractivity contribution is -0.286. The van der Waals surface area contributed by atoms with Gasteiger partial charge in [-0.05, 0) is 49.7 Å². The van der Waals surface area contributed by atoms with Crippen LogP contribution in [-0.4, -0.2) is 40.6 Å². The minimum Gasteiger partial charge on any atom is -0.400 e. The number of hydrogen-bond acceptors (Lipinski definition) is 7. The van der Waals surface area contributed by atoms with Gasteiger partial charge in [0, 0.05) is 29.9 Å². The normalized spacial score (nSPS) is 22.3. The molecule has 2 aromatic rings. The Hall–Kier alpha value is -3.11. The van der Waals surface area contributed by atoms with Crippen LogP contribution in [0.3, 0.4) is 0 Å². The van der Waals surface area contributed by atoms with Gasteiger partial charge in [0.05, 0.1) is 5.70 Å². The van der Waals surface area contributed by atoms with Gasteiger partial charge in [-0.1, -0.05) is 6.07 Å². The Kier molecular flexibility index (Phi) is 4.40. The largest absolute Gasteiger partial charge is 0.586 e. The van der Waals surface area contributed by atoms with Crippen molar-refractivity contribution in [3.05, 3.63) is 47.3 Å². The highest BCUT2D eigenvalue weighted by Gasteiger charge is 2.43. The third-order valence-electron chi connectivity index (χ3n) is 5.72. The number of allylic oxidation sites excluding steroid dienone is 1. The van der Waals surface area contributed by atoms with Gasteiger partial charge in [0.15, 0.2) is 11.5 Å². The summed E-state index contributed by atoms with van der Waals surface area (Å²) in [6.07, 6.45) is 1.54. The number of fused-ring (bicyclic) bond motifs is 2. The molecule has 8 nitrogen and oxygen atoms in total. The summed E-state index contributed by atoms with van der Waals surface area (Å²) in [6.45, 7) is 2.31. The lowest BCUT2D eigenvalue weighted by atomic mass is 9.91. The van der Waals surface area contributed by atoms with Crippen molar-refractivity contribution in [2.45, 2.75) is 25.7 Å². The molecule has 0 radical (unpaired) electrons. The highest BCUT2D eigenvalue weighted by molar-refractivity contribution is 5.86. The number of halogens is 2. The van der Waals surface area contributed by atoms with Crippen molar-refractivity contribution in [2.24, 2.45) is 22.5 Å². The van der Waals surface area contributed by atoms with Crippen molar-refractivity contribution in [1.29, 1.82) is 0 Å². The molecular formula is C20H22F2N6O2. The van der Waals surface area contributed by atoms with E-state index < -0.39 is 6.29 Å². The summed E-state index contributed by atoms with van der Waals surface area (Å²) in [5.74, 6) is 7.19. The molecule has 0 amide bonds. The number of nitrogens with two attached hydrogens (primary N) is 2. The number of rotatable bonds is 3. The molecule has 3 aliphatic heterocycles. The molecule has 1 fully saturated rings. The number of piperidine rings is 1. The molecule has 3 aliphatic rings. The van der Waals surface area contributed by atoms with Gasteiger partial charge in [-0.2, -0.15) is 0 Å². The van der Waals surface area contributed by atoms with Crippen LogP contribution >= 0.6 is 0 Å². The lowest BCUT2D eigenvalue weighted by Gasteiger charge is -2.34. The average molecular weight is 416 g/mol. The number of hydrazine groups is 1. The Balaban J connectivity index is 1.25. The van der Waals surface area contributed by atoms with Crippen molar-refractivity contribution in [1.82, 2.24) is 14.9 Å². The third-order valence-corrected chi connectivity index (χ3v) is 5.72. The highest BCUT2D eigenvalue weighted by atomic mass is 19.3. The van der Waals surface area contributed by atoms with E-state index in [2.05, 4.69) is 24.4 Å². The fraction of sp³-hybridized carbons (Fsp3) is 0.350. The first-order valence-corrected chi connectivity index (χ1v) is 9.76. The summed E-state index contributed by atoms with van der Waals surface area (Å²) in [5, 5.41) is 1.47. The average Bonchev–Trinajstić information content (AvgIpc) is 3.30. The predicted molar refractivity (Wildman–Crippen MR) is 107 cm³/mol. The van der Waals surface area contributed by atoms with Gasteiger partial charge < -0.3 is 20.2 Å². The second kappa shape index (κ2) is 6.99. The number of H-pyrrole nitrogens is 1. The number of nitrogens with zero attached hydrogens (tertiary/aromatic N) is 3. The number of nitrogens with one attached hydrogen (secondary N) is 1. The quantitative estimate of drug-likeness (QED) is 0.665. The van der Waals surface area contributed by atoms with E-state index >= 15 is 0 Å². The molecular weight excluding hydrogens is 394 g/mol. The molecule has 1 saturated heterocycles. The first-order chi connectivity index (χ1) is 14.4. The SMILES string of the molecule is N/C(=C1/c2cc[nH]c2N=CN1N)C1CCN(Cc2ccc3c(c2)OC(F)(F)O3)CC1. The third kappa shape index (κ3) is 3.37. The summed E-state index contributed by atoms with van der Waals surface area (Å²) >= 11 is 0. The van der Waals surface area contributed by atoms with E-state index in [-0.39, 0.29) is 17.4 Å². The summed E-state index contributed by atoms with van der Waals surface area (Å²) < 4.78 is 35.4. The number of aromatic amines is 1. The Labute approximate surface area is 171 Å². The van der Waals surface area contributed by atoms with Gasteiger partial charge in [-0.15, -0.1) is 8.78 Å². The molecule has 0 spiro atoms. The highest BCUT2D eigenvalue weighted by Crippen LogP contribution is 2.41. The van der Waals surface area contributed by atoms with E-state index in [0.717, 1.165) is 54.3 Å². The van der Waals surface area contributed by atoms with Crippen molar-refractivity contribution in [3.63, 3.8) is 0 Å². The number of likely N-dealkylation sites (tertiary alicyclic amines) is 1. The topological polar surface area (TPSA) is 105 Å². The molecule has 0 atom stereocenters. The summed E-state index contributed by atoms with van der Waals surface area (Å²) in [4.78, 5) is 9.61. The number of benzene rings is 1. The van der Waals surface area contributed by atoms with Crippen molar-refractivity contribution in [3.8, 4) is 11.5 Å². The van der Waals surface area contributed by atoms with Crippen LogP contribution in [0.2, 0.25) is 0 Å². The maximum Gasteiger partial charge on any atom is 0.586 e. The van der Waals surface area contributed by atoms with E-state index in [9.17, 15) is 8.78 Å². The number of aliphatic imine (C=N–C) groups is 1. The van der Waals surface area contributed by atoms with Gasteiger partial charge in [-0.25, -0.2) is 10.8 Å². The molecule has 0 unspecified atom stereocenters. The molecule has 5 rings (SSSR count). The van der Waals surface area contributed by atoms with Crippen molar-refractivity contribution >= 4 is 17.9 Å². The predicted octanol–water partition coefficient (Wildman–Crippen LogP) is 2.72. The molecule has 0 aliphatic carbocycles. The smallest absolute Gasteiger partial charge is 0.400 e. The molecule has 1 aromatic heterocycles. The fourth-order valence-corrected chi connectivity index (χ4v) is 4.23. The summed E-state index contributed by atoms with van der Waals surface area (Å²) in [6, 6.07) is 6.84. The fourth-order valence-electron chi connectivity index (χ4n) is 4.23. The second-order valence-electron chi connectivity index (χ2n) is 7.69. The Morgan fingerprint density at radius 1 is 1.20 bits per heavy atom. The van der Waals surface area contributed by atoms with Crippen LogP contribution in [0.4, 0.5) is 14.6 Å². The maximum atomic E-state index is 13.2. The summed E-state index contributed by atoms with van der Waals surface area (Å²) in [5.41, 5.74) is 9.88. The zero-order chi connectivity index (χ0) is 20.9. The van der Waals surface area contributed by atoms with E-state index in [1.165, 1.54) is 11.1 Å². The van der Waals surface area contributed by atoms with Crippen molar-refractivity contribution in [2.75, 3.05) is 13.1 Å². The molecule has 10 heteroatoms. The van der Waals surface area contributed by atoms with E-state index in [4.69, 9.17) is 11.6 Å². The summed E-state index contributed by atoms with van der Waals surface area (Å²) in [7, 11) is 0. The lowest BCUT2D eigenvalue weighted by Crippen LogP contribution is -2.37. The Morgan fingerprint density at radius 2 is 1.97 bits per heavy atom. The van der Waals surface area contributed by atoms with E-state index in [0.29, 0.717) is 6.54 Å². The monoisotopic (exact) mass is 416 g/mol. The van der Waals surface area contributed by atoms with Crippen LogP contribution in [0, 0.1) is 5.92 Å². The molecule has 30 heavy (non-hydrogen) atoms. The van der Waals surface area contributed by atoms with Gasteiger partial charge in [0.25, 0.3) is 0 Å². The van der Waals surface area contributed by atoms with Crippen LogP contribution in [0.25, 0.3) is 5.70 Å². The molecule has 0 bridgehead atoms. The number of aromatic nitrogens is 1. The molecule has 4 heterocycles. The molecule has 5 N–H and O–H groups in total. The Bertz CT molecular complexity index is 1030. The van der Waals surface area contributed by atoms with Gasteiger partial charge in [0.2, 0.25) is 0 Å². The van der Waals surface area contributed by atoms with Gasteiger partial charge in [0.1, 0.15) is 12.2 Å². The van der Waals surface area contributed by atoms with E-state index in [1.807, 2.05) is 12.3 Å². The van der Waals surface area contributed by atoms with Gasteiger partial charge >= 0.3 is 6.29 Å².